The van der Waals surface area contributed by atoms with Gasteiger partial charge in [-0.15, -0.1) is 0 Å². The molecule has 1 N–H and O–H groups in total. The first kappa shape index (κ1) is 12.4. The van der Waals surface area contributed by atoms with Gasteiger partial charge >= 0.3 is 0 Å². The first-order valence-electron chi connectivity index (χ1n) is 4.91. The number of nitrogens with one attached hydrogen (secondary N) is 1. The Morgan fingerprint density at radius 1 is 1.29 bits per heavy atom. The molecule has 1 heterocycles. The third kappa shape index (κ3) is 3.46. The lowest BCUT2D eigenvalue weighted by molar-refractivity contribution is -0.115. The lowest BCUT2D eigenvalue weighted by Crippen LogP contribution is -2.14. The SMILES string of the molecule is O=C(Cc1ccsc1)Nc1cc(Cl)ccc1Cl. The van der Waals surface area contributed by atoms with Gasteiger partial charge in [0.15, 0.2) is 0 Å². The Kier molecular flexibility index (Phi) is 4.05. The molecule has 0 saturated heterocycles. The number of rotatable bonds is 3. The van der Waals surface area contributed by atoms with Crippen molar-refractivity contribution in [1.29, 1.82) is 0 Å². The molecule has 17 heavy (non-hydrogen) atoms. The normalized spacial score (nSPS) is 10.2. The highest BCUT2D eigenvalue weighted by atomic mass is 35.5. The largest absolute Gasteiger partial charge is 0.324 e. The standard InChI is InChI=1S/C12H9Cl2NOS/c13-9-1-2-10(14)11(6-9)15-12(16)5-8-3-4-17-7-8/h1-4,6-7H,5H2,(H,15,16). The first-order chi connectivity index (χ1) is 8.15. The number of amides is 1. The molecule has 2 rings (SSSR count). The van der Waals surface area contributed by atoms with Crippen LogP contribution in [0, 0.1) is 0 Å². The summed E-state index contributed by atoms with van der Waals surface area (Å²) < 4.78 is 0. The average Bonchev–Trinajstić information content (AvgIpc) is 2.76. The van der Waals surface area contributed by atoms with Gasteiger partial charge in [0, 0.05) is 5.02 Å². The number of carbonyl (C=O) groups excluding carboxylic acids is 1. The van der Waals surface area contributed by atoms with Gasteiger partial charge in [0.05, 0.1) is 17.1 Å². The van der Waals surface area contributed by atoms with Crippen molar-refractivity contribution >= 4 is 46.1 Å². The maximum absolute atomic E-state index is 11.7. The number of thiophene rings is 1. The summed E-state index contributed by atoms with van der Waals surface area (Å²) in [6, 6.07) is 6.89. The van der Waals surface area contributed by atoms with Gasteiger partial charge in [-0.1, -0.05) is 23.2 Å². The summed E-state index contributed by atoms with van der Waals surface area (Å²) in [6.45, 7) is 0. The fourth-order valence-corrected chi connectivity index (χ4v) is 2.37. The Hall–Kier alpha value is -1.03. The molecule has 0 atom stereocenters. The van der Waals surface area contributed by atoms with E-state index in [1.807, 2.05) is 16.8 Å². The van der Waals surface area contributed by atoms with Crippen molar-refractivity contribution in [2.24, 2.45) is 0 Å². The Morgan fingerprint density at radius 3 is 2.82 bits per heavy atom. The van der Waals surface area contributed by atoms with E-state index in [0.717, 1.165) is 5.56 Å². The highest BCUT2D eigenvalue weighted by Crippen LogP contribution is 2.25. The molecule has 2 nitrogen and oxygen atoms in total. The molecule has 0 saturated carbocycles. The molecule has 0 aliphatic rings. The molecule has 5 heteroatoms. The Bertz CT molecular complexity index is 525. The zero-order valence-electron chi connectivity index (χ0n) is 8.74. The monoisotopic (exact) mass is 285 g/mol. The summed E-state index contributed by atoms with van der Waals surface area (Å²) in [4.78, 5) is 11.7. The smallest absolute Gasteiger partial charge is 0.228 e. The fraction of sp³-hybridized carbons (Fsp3) is 0.0833. The predicted octanol–water partition coefficient (Wildman–Crippen LogP) is 4.24. The molecular weight excluding hydrogens is 277 g/mol. The van der Waals surface area contributed by atoms with Crippen LogP contribution in [0.3, 0.4) is 0 Å². The minimum Gasteiger partial charge on any atom is -0.324 e. The third-order valence-electron chi connectivity index (χ3n) is 2.15. The van der Waals surface area contributed by atoms with Crippen LogP contribution in [0.4, 0.5) is 5.69 Å². The number of halogens is 2. The van der Waals surface area contributed by atoms with E-state index in [1.54, 1.807) is 29.5 Å². The van der Waals surface area contributed by atoms with Crippen LogP contribution in [0.15, 0.2) is 35.0 Å². The van der Waals surface area contributed by atoms with Crippen molar-refractivity contribution in [1.82, 2.24) is 0 Å². The van der Waals surface area contributed by atoms with Gasteiger partial charge in [-0.2, -0.15) is 11.3 Å². The van der Waals surface area contributed by atoms with E-state index in [4.69, 9.17) is 23.2 Å². The van der Waals surface area contributed by atoms with Crippen LogP contribution in [0.2, 0.25) is 10.0 Å². The lowest BCUT2D eigenvalue weighted by Gasteiger charge is -2.06. The molecule has 1 aromatic heterocycles. The molecule has 88 valence electrons. The Balaban J connectivity index is 2.05. The van der Waals surface area contributed by atoms with Gasteiger partial charge in [0.2, 0.25) is 5.91 Å². The van der Waals surface area contributed by atoms with Crippen LogP contribution < -0.4 is 5.32 Å². The van der Waals surface area contributed by atoms with Gasteiger partial charge in [0.1, 0.15) is 0 Å². The van der Waals surface area contributed by atoms with Crippen molar-refractivity contribution in [2.75, 3.05) is 5.32 Å². The molecule has 0 spiro atoms. The van der Waals surface area contributed by atoms with Crippen molar-refractivity contribution in [3.05, 3.63) is 50.6 Å². The molecule has 1 aromatic carbocycles. The molecule has 0 aliphatic carbocycles. The van der Waals surface area contributed by atoms with E-state index in [2.05, 4.69) is 5.32 Å². The van der Waals surface area contributed by atoms with Crippen LogP contribution in [0.1, 0.15) is 5.56 Å². The summed E-state index contributed by atoms with van der Waals surface area (Å²) in [5.41, 5.74) is 1.53. The van der Waals surface area contributed by atoms with E-state index in [9.17, 15) is 4.79 Å². The van der Waals surface area contributed by atoms with Crippen molar-refractivity contribution < 1.29 is 4.79 Å². The zero-order chi connectivity index (χ0) is 12.3. The summed E-state index contributed by atoms with van der Waals surface area (Å²) in [6.07, 6.45) is 0.340. The summed E-state index contributed by atoms with van der Waals surface area (Å²) in [7, 11) is 0. The summed E-state index contributed by atoms with van der Waals surface area (Å²) >= 11 is 13.4. The molecule has 0 aliphatic heterocycles. The topological polar surface area (TPSA) is 29.1 Å². The fourth-order valence-electron chi connectivity index (χ4n) is 1.37. The number of carbonyl (C=O) groups is 1. The summed E-state index contributed by atoms with van der Waals surface area (Å²) in [5, 5.41) is 7.64. The molecule has 0 unspecified atom stereocenters. The highest BCUT2D eigenvalue weighted by molar-refractivity contribution is 7.08. The van der Waals surface area contributed by atoms with Crippen molar-refractivity contribution in [2.45, 2.75) is 6.42 Å². The van der Waals surface area contributed by atoms with Crippen LogP contribution in [0.5, 0.6) is 0 Å². The minimum absolute atomic E-state index is 0.104. The van der Waals surface area contributed by atoms with Crippen molar-refractivity contribution in [3.63, 3.8) is 0 Å². The molecule has 0 bridgehead atoms. The number of benzene rings is 1. The Labute approximate surface area is 113 Å². The highest BCUT2D eigenvalue weighted by Gasteiger charge is 2.07. The first-order valence-corrected chi connectivity index (χ1v) is 6.61. The predicted molar refractivity (Wildman–Crippen MR) is 73.1 cm³/mol. The maximum atomic E-state index is 11.7. The van der Waals surface area contributed by atoms with E-state index >= 15 is 0 Å². The van der Waals surface area contributed by atoms with Gasteiger partial charge in [-0.05, 0) is 40.6 Å². The number of hydrogen-bond donors (Lipinski definition) is 1. The third-order valence-corrected chi connectivity index (χ3v) is 3.44. The number of anilines is 1. The van der Waals surface area contributed by atoms with Crippen LogP contribution in [-0.4, -0.2) is 5.91 Å². The van der Waals surface area contributed by atoms with E-state index in [0.29, 0.717) is 22.2 Å². The van der Waals surface area contributed by atoms with E-state index in [-0.39, 0.29) is 5.91 Å². The second-order valence-corrected chi connectivity index (χ2v) is 5.10. The van der Waals surface area contributed by atoms with Crippen LogP contribution >= 0.6 is 34.5 Å². The van der Waals surface area contributed by atoms with E-state index < -0.39 is 0 Å². The number of hydrogen-bond acceptors (Lipinski definition) is 2. The van der Waals surface area contributed by atoms with Crippen LogP contribution in [-0.2, 0) is 11.2 Å². The van der Waals surface area contributed by atoms with E-state index in [1.165, 1.54) is 0 Å². The van der Waals surface area contributed by atoms with Crippen molar-refractivity contribution in [3.8, 4) is 0 Å². The lowest BCUT2D eigenvalue weighted by atomic mass is 10.2. The second-order valence-electron chi connectivity index (χ2n) is 3.48. The minimum atomic E-state index is -0.104. The zero-order valence-corrected chi connectivity index (χ0v) is 11.1. The Morgan fingerprint density at radius 2 is 2.12 bits per heavy atom. The molecule has 0 radical (unpaired) electrons. The summed E-state index contributed by atoms with van der Waals surface area (Å²) in [5.74, 6) is -0.104. The molecule has 0 fully saturated rings. The van der Waals surface area contributed by atoms with Gasteiger partial charge in [-0.3, -0.25) is 4.79 Å². The maximum Gasteiger partial charge on any atom is 0.228 e. The van der Waals surface area contributed by atoms with Gasteiger partial charge in [-0.25, -0.2) is 0 Å². The van der Waals surface area contributed by atoms with Gasteiger partial charge < -0.3 is 5.32 Å². The molecule has 2 aromatic rings. The average molecular weight is 286 g/mol. The molecular formula is C12H9Cl2NOS. The van der Waals surface area contributed by atoms with Gasteiger partial charge in [0.25, 0.3) is 0 Å². The second kappa shape index (κ2) is 5.54. The quantitative estimate of drug-likeness (QED) is 0.898. The van der Waals surface area contributed by atoms with Crippen LogP contribution in [0.25, 0.3) is 0 Å². The molecule has 1 amide bonds.